The summed E-state index contributed by atoms with van der Waals surface area (Å²) in [5.41, 5.74) is 1.89. The van der Waals surface area contributed by atoms with Crippen LogP contribution in [0.1, 0.15) is 40.7 Å². The third-order valence-electron chi connectivity index (χ3n) is 3.52. The van der Waals surface area contributed by atoms with Gasteiger partial charge in [0.05, 0.1) is 5.56 Å². The average Bonchev–Trinajstić information content (AvgIpc) is 3.10. The highest BCUT2D eigenvalue weighted by atomic mass is 32.2. The first-order valence-corrected chi connectivity index (χ1v) is 9.84. The van der Waals surface area contributed by atoms with Crippen molar-refractivity contribution in [3.8, 4) is 0 Å². The van der Waals surface area contributed by atoms with Crippen molar-refractivity contribution in [2.45, 2.75) is 30.4 Å². The molecule has 1 aromatic heterocycles. The Balaban J connectivity index is 1.71. The molecular formula is C19H19N3OS2. The van der Waals surface area contributed by atoms with E-state index in [0.29, 0.717) is 16.6 Å². The first-order valence-electron chi connectivity index (χ1n) is 8.04. The van der Waals surface area contributed by atoms with Crippen LogP contribution in [0.25, 0.3) is 0 Å². The zero-order valence-corrected chi connectivity index (χ0v) is 15.7. The van der Waals surface area contributed by atoms with Gasteiger partial charge in [-0.1, -0.05) is 67.6 Å². The van der Waals surface area contributed by atoms with Crippen molar-refractivity contribution in [2.75, 3.05) is 5.32 Å². The predicted molar refractivity (Wildman–Crippen MR) is 104 cm³/mol. The third kappa shape index (κ3) is 4.67. The number of nitrogens with one attached hydrogen (secondary N) is 1. The molecule has 0 saturated carbocycles. The molecule has 2 aromatic carbocycles. The van der Waals surface area contributed by atoms with Crippen LogP contribution in [0.4, 0.5) is 5.13 Å². The second-order valence-electron chi connectivity index (χ2n) is 5.82. The average molecular weight is 370 g/mol. The van der Waals surface area contributed by atoms with E-state index in [4.69, 9.17) is 0 Å². The van der Waals surface area contributed by atoms with E-state index in [1.165, 1.54) is 16.9 Å². The van der Waals surface area contributed by atoms with E-state index in [2.05, 4.69) is 41.5 Å². The van der Waals surface area contributed by atoms with Gasteiger partial charge in [-0.25, -0.2) is 0 Å². The lowest BCUT2D eigenvalue weighted by Crippen LogP contribution is -2.12. The molecular weight excluding hydrogens is 350 g/mol. The largest absolute Gasteiger partial charge is 0.296 e. The second-order valence-corrected chi connectivity index (χ2v) is 7.85. The monoisotopic (exact) mass is 369 g/mol. The van der Waals surface area contributed by atoms with Crippen LogP contribution in [-0.4, -0.2) is 16.1 Å². The maximum atomic E-state index is 12.6. The highest BCUT2D eigenvalue weighted by molar-refractivity contribution is 7.98. The lowest BCUT2D eigenvalue weighted by atomic mass is 10.2. The van der Waals surface area contributed by atoms with E-state index in [1.807, 2.05) is 42.5 Å². The Morgan fingerprint density at radius 2 is 1.80 bits per heavy atom. The molecule has 0 aliphatic rings. The number of carbonyl (C=O) groups excluding carboxylic acids is 1. The summed E-state index contributed by atoms with van der Waals surface area (Å²) < 4.78 is 0. The molecule has 25 heavy (non-hydrogen) atoms. The molecule has 1 heterocycles. The molecule has 0 saturated heterocycles. The highest BCUT2D eigenvalue weighted by Gasteiger charge is 2.15. The molecule has 0 fully saturated rings. The Labute approximate surface area is 155 Å². The molecule has 1 N–H and O–H groups in total. The summed E-state index contributed by atoms with van der Waals surface area (Å²) >= 11 is 3.07. The molecule has 128 valence electrons. The van der Waals surface area contributed by atoms with Gasteiger partial charge in [0.2, 0.25) is 5.13 Å². The predicted octanol–water partition coefficient (Wildman–Crippen LogP) is 5.21. The number of rotatable bonds is 6. The van der Waals surface area contributed by atoms with Crippen molar-refractivity contribution in [3.63, 3.8) is 0 Å². The first kappa shape index (κ1) is 17.6. The van der Waals surface area contributed by atoms with Gasteiger partial charge < -0.3 is 0 Å². The Morgan fingerprint density at radius 3 is 2.52 bits per heavy atom. The van der Waals surface area contributed by atoms with Gasteiger partial charge in [-0.05, 0) is 17.7 Å². The van der Waals surface area contributed by atoms with Crippen LogP contribution >= 0.6 is 23.1 Å². The third-order valence-corrected chi connectivity index (χ3v) is 5.81. The minimum atomic E-state index is -0.150. The standard InChI is InChI=1S/C19H19N3OS2/c1-13(2)18-21-22-19(25-18)20-17(23)15-10-6-7-11-16(15)24-12-14-8-4-3-5-9-14/h3-11,13H,12H2,1-2H3,(H,20,22,23). The zero-order valence-electron chi connectivity index (χ0n) is 14.1. The van der Waals surface area contributed by atoms with Crippen LogP contribution < -0.4 is 5.32 Å². The summed E-state index contributed by atoms with van der Waals surface area (Å²) in [6.45, 7) is 4.11. The molecule has 0 bridgehead atoms. The fourth-order valence-electron chi connectivity index (χ4n) is 2.20. The van der Waals surface area contributed by atoms with Crippen LogP contribution in [-0.2, 0) is 5.75 Å². The van der Waals surface area contributed by atoms with Crippen molar-refractivity contribution in [1.82, 2.24) is 10.2 Å². The number of hydrogen-bond acceptors (Lipinski definition) is 5. The second kappa shape index (κ2) is 8.27. The summed E-state index contributed by atoms with van der Waals surface area (Å²) in [7, 11) is 0. The van der Waals surface area contributed by atoms with E-state index >= 15 is 0 Å². The zero-order chi connectivity index (χ0) is 17.6. The van der Waals surface area contributed by atoms with Crippen molar-refractivity contribution in [1.29, 1.82) is 0 Å². The van der Waals surface area contributed by atoms with Crippen LogP contribution in [0.3, 0.4) is 0 Å². The van der Waals surface area contributed by atoms with Crippen LogP contribution in [0, 0.1) is 0 Å². The van der Waals surface area contributed by atoms with Gasteiger partial charge in [-0.3, -0.25) is 10.1 Å². The van der Waals surface area contributed by atoms with E-state index in [9.17, 15) is 4.79 Å². The Morgan fingerprint density at radius 1 is 1.08 bits per heavy atom. The topological polar surface area (TPSA) is 54.9 Å². The van der Waals surface area contributed by atoms with Crippen molar-refractivity contribution in [2.24, 2.45) is 0 Å². The quantitative estimate of drug-likeness (QED) is 0.606. The number of anilines is 1. The van der Waals surface area contributed by atoms with Gasteiger partial charge in [-0.2, -0.15) is 0 Å². The maximum Gasteiger partial charge on any atom is 0.258 e. The Hall–Kier alpha value is -2.18. The number of hydrogen-bond donors (Lipinski definition) is 1. The normalized spacial score (nSPS) is 10.8. The molecule has 0 atom stereocenters. The van der Waals surface area contributed by atoms with E-state index in [0.717, 1.165) is 15.7 Å². The Kier molecular flexibility index (Phi) is 5.83. The Bertz CT molecular complexity index is 847. The fraction of sp³-hybridized carbons (Fsp3) is 0.211. The summed E-state index contributed by atoms with van der Waals surface area (Å²) in [5, 5.41) is 12.5. The minimum Gasteiger partial charge on any atom is -0.296 e. The lowest BCUT2D eigenvalue weighted by Gasteiger charge is -2.08. The molecule has 3 aromatic rings. The van der Waals surface area contributed by atoms with Crippen LogP contribution in [0.2, 0.25) is 0 Å². The van der Waals surface area contributed by atoms with E-state index in [1.54, 1.807) is 11.8 Å². The van der Waals surface area contributed by atoms with Gasteiger partial charge in [0, 0.05) is 16.6 Å². The van der Waals surface area contributed by atoms with Crippen LogP contribution in [0.5, 0.6) is 0 Å². The molecule has 0 radical (unpaired) electrons. The number of carbonyl (C=O) groups is 1. The van der Waals surface area contributed by atoms with Crippen molar-refractivity contribution in [3.05, 3.63) is 70.7 Å². The van der Waals surface area contributed by atoms with Gasteiger partial charge >= 0.3 is 0 Å². The number of benzene rings is 2. The number of amides is 1. The van der Waals surface area contributed by atoms with Gasteiger partial charge in [0.25, 0.3) is 5.91 Å². The molecule has 0 aliphatic carbocycles. The molecule has 0 unspecified atom stereocenters. The molecule has 3 rings (SSSR count). The van der Waals surface area contributed by atoms with Gasteiger partial charge in [-0.15, -0.1) is 22.0 Å². The molecule has 6 heteroatoms. The minimum absolute atomic E-state index is 0.150. The first-order chi connectivity index (χ1) is 12.1. The number of aromatic nitrogens is 2. The van der Waals surface area contributed by atoms with Gasteiger partial charge in [0.15, 0.2) is 0 Å². The highest BCUT2D eigenvalue weighted by Crippen LogP contribution is 2.28. The number of thioether (sulfide) groups is 1. The SMILES string of the molecule is CC(C)c1nnc(NC(=O)c2ccccc2SCc2ccccc2)s1. The lowest BCUT2D eigenvalue weighted by molar-refractivity contribution is 0.102. The van der Waals surface area contributed by atoms with E-state index in [-0.39, 0.29) is 5.91 Å². The summed E-state index contributed by atoms with van der Waals surface area (Å²) in [6.07, 6.45) is 0. The van der Waals surface area contributed by atoms with E-state index < -0.39 is 0 Å². The maximum absolute atomic E-state index is 12.6. The fourth-order valence-corrected chi connectivity index (χ4v) is 3.94. The van der Waals surface area contributed by atoms with Crippen molar-refractivity contribution >= 4 is 34.1 Å². The van der Waals surface area contributed by atoms with Gasteiger partial charge in [0.1, 0.15) is 5.01 Å². The summed E-state index contributed by atoms with van der Waals surface area (Å²) in [5.74, 6) is 0.973. The summed E-state index contributed by atoms with van der Waals surface area (Å²) in [6, 6.07) is 17.9. The smallest absolute Gasteiger partial charge is 0.258 e. The molecule has 1 amide bonds. The molecule has 4 nitrogen and oxygen atoms in total. The molecule has 0 spiro atoms. The molecule has 0 aliphatic heterocycles. The van der Waals surface area contributed by atoms with Crippen LogP contribution in [0.15, 0.2) is 59.5 Å². The van der Waals surface area contributed by atoms with Crippen molar-refractivity contribution < 1.29 is 4.79 Å². The number of nitrogens with zero attached hydrogens (tertiary/aromatic N) is 2. The summed E-state index contributed by atoms with van der Waals surface area (Å²) in [4.78, 5) is 13.6.